The molecule has 9 heteroatoms. The molecule has 0 aliphatic carbocycles. The molecule has 5 rings (SSSR count). The molecule has 4 aromatic rings. The summed E-state index contributed by atoms with van der Waals surface area (Å²) >= 11 is 1.67. The van der Waals surface area contributed by atoms with E-state index in [9.17, 15) is 14.0 Å². The molecular weight excluding hydrogens is 477 g/mol. The predicted octanol–water partition coefficient (Wildman–Crippen LogP) is 4.53. The van der Waals surface area contributed by atoms with Crippen molar-refractivity contribution in [2.24, 2.45) is 0 Å². The van der Waals surface area contributed by atoms with Gasteiger partial charge in [-0.25, -0.2) is 9.37 Å². The predicted molar refractivity (Wildman–Crippen MR) is 139 cm³/mol. The van der Waals surface area contributed by atoms with Crippen LogP contribution in [0.4, 0.5) is 10.1 Å². The summed E-state index contributed by atoms with van der Waals surface area (Å²) in [4.78, 5) is 38.2. The Morgan fingerprint density at radius 2 is 1.50 bits per heavy atom. The topological polar surface area (TPSA) is 78.4 Å². The van der Waals surface area contributed by atoms with Crippen LogP contribution in [0.2, 0.25) is 0 Å². The van der Waals surface area contributed by atoms with Gasteiger partial charge in [-0.2, -0.15) is 0 Å². The maximum absolute atomic E-state index is 13.9. The van der Waals surface area contributed by atoms with Gasteiger partial charge in [0.05, 0.1) is 11.4 Å². The largest absolute Gasteiger partial charge is 0.376 e. The van der Waals surface area contributed by atoms with E-state index in [2.05, 4.69) is 21.4 Å². The number of hydrogen-bond donors (Lipinski definition) is 1. The molecule has 0 radical (unpaired) electrons. The molecule has 1 saturated heterocycles. The van der Waals surface area contributed by atoms with E-state index < -0.39 is 11.7 Å². The highest BCUT2D eigenvalue weighted by atomic mass is 32.2. The lowest BCUT2D eigenvalue weighted by molar-refractivity contribution is 0.0529. The smallest absolute Gasteiger partial charge is 0.275 e. The quantitative estimate of drug-likeness (QED) is 0.309. The van der Waals surface area contributed by atoms with Crippen LogP contribution in [-0.4, -0.2) is 63.6 Å². The fourth-order valence-corrected chi connectivity index (χ4v) is 4.98. The molecule has 0 spiro atoms. The van der Waals surface area contributed by atoms with Gasteiger partial charge in [0.15, 0.2) is 11.5 Å². The third-order valence-corrected chi connectivity index (χ3v) is 6.98. The highest BCUT2D eigenvalue weighted by Gasteiger charge is 2.27. The fourth-order valence-electron chi connectivity index (χ4n) is 4.11. The van der Waals surface area contributed by atoms with Gasteiger partial charge in [0.1, 0.15) is 0 Å². The number of para-hydroxylation sites is 1. The number of carbonyl (C=O) groups is 2. The van der Waals surface area contributed by atoms with Crippen LogP contribution in [0, 0.1) is 5.82 Å². The zero-order valence-electron chi connectivity index (χ0n) is 19.4. The van der Waals surface area contributed by atoms with Crippen molar-refractivity contribution in [2.45, 2.75) is 4.90 Å². The van der Waals surface area contributed by atoms with E-state index in [4.69, 9.17) is 0 Å². The molecule has 0 saturated carbocycles. The molecule has 2 amide bonds. The second kappa shape index (κ2) is 10.7. The molecule has 0 unspecified atom stereocenters. The SMILES string of the molecule is O=C(c1ccc(NCSc2cccc3cccnc23)cc1)N1CCN(C(=O)c2ncccc2F)CC1. The third-order valence-electron chi connectivity index (χ3n) is 6.05. The average Bonchev–Trinajstić information content (AvgIpc) is 2.93. The maximum atomic E-state index is 13.9. The second-order valence-electron chi connectivity index (χ2n) is 8.29. The van der Waals surface area contributed by atoms with Crippen molar-refractivity contribution in [3.63, 3.8) is 0 Å². The number of nitrogens with zero attached hydrogens (tertiary/aromatic N) is 4. The van der Waals surface area contributed by atoms with Gasteiger partial charge < -0.3 is 15.1 Å². The Morgan fingerprint density at radius 3 is 2.25 bits per heavy atom. The highest BCUT2D eigenvalue weighted by Crippen LogP contribution is 2.26. The van der Waals surface area contributed by atoms with E-state index >= 15 is 0 Å². The average molecular weight is 502 g/mol. The Kier molecular flexibility index (Phi) is 7.08. The number of fused-ring (bicyclic) bond motifs is 1. The summed E-state index contributed by atoms with van der Waals surface area (Å²) in [7, 11) is 0. The second-order valence-corrected chi connectivity index (χ2v) is 9.31. The fraction of sp³-hybridized carbons (Fsp3) is 0.185. The number of halogens is 1. The molecule has 2 aromatic heterocycles. The third kappa shape index (κ3) is 5.16. The van der Waals surface area contributed by atoms with Gasteiger partial charge in [-0.3, -0.25) is 14.6 Å². The van der Waals surface area contributed by atoms with E-state index in [-0.39, 0.29) is 11.6 Å². The van der Waals surface area contributed by atoms with Crippen molar-refractivity contribution >= 4 is 40.2 Å². The van der Waals surface area contributed by atoms with Gasteiger partial charge >= 0.3 is 0 Å². The summed E-state index contributed by atoms with van der Waals surface area (Å²) in [6, 6.07) is 20.2. The Balaban J connectivity index is 1.13. The Labute approximate surface area is 212 Å². The molecule has 1 aliphatic heterocycles. The van der Waals surface area contributed by atoms with Gasteiger partial charge in [0.25, 0.3) is 11.8 Å². The van der Waals surface area contributed by atoms with Crippen molar-refractivity contribution in [1.29, 1.82) is 0 Å². The normalized spacial score (nSPS) is 13.6. The number of rotatable bonds is 6. The number of benzene rings is 2. The first-order chi connectivity index (χ1) is 17.6. The first-order valence-electron chi connectivity index (χ1n) is 11.6. The molecule has 1 fully saturated rings. The Morgan fingerprint density at radius 1 is 0.833 bits per heavy atom. The van der Waals surface area contributed by atoms with Gasteiger partial charge in [-0.15, -0.1) is 11.8 Å². The van der Waals surface area contributed by atoms with Crippen LogP contribution in [-0.2, 0) is 0 Å². The van der Waals surface area contributed by atoms with Crippen LogP contribution < -0.4 is 5.32 Å². The van der Waals surface area contributed by atoms with Crippen molar-refractivity contribution in [1.82, 2.24) is 19.8 Å². The van der Waals surface area contributed by atoms with E-state index in [1.807, 2.05) is 36.4 Å². The molecular formula is C27H24FN5O2S. The molecule has 0 bridgehead atoms. The number of anilines is 1. The lowest BCUT2D eigenvalue weighted by atomic mass is 10.1. The summed E-state index contributed by atoms with van der Waals surface area (Å²) in [5.41, 5.74) is 2.30. The summed E-state index contributed by atoms with van der Waals surface area (Å²) in [6.07, 6.45) is 3.20. The van der Waals surface area contributed by atoms with E-state index in [0.717, 1.165) is 21.5 Å². The number of pyridine rings is 2. The number of thioether (sulfide) groups is 1. The van der Waals surface area contributed by atoms with Gasteiger partial charge in [0.2, 0.25) is 0 Å². The van der Waals surface area contributed by atoms with Crippen LogP contribution in [0.25, 0.3) is 10.9 Å². The van der Waals surface area contributed by atoms with E-state index in [1.165, 1.54) is 23.2 Å². The van der Waals surface area contributed by atoms with Crippen molar-refractivity contribution in [3.05, 3.63) is 96.2 Å². The highest BCUT2D eigenvalue weighted by molar-refractivity contribution is 7.99. The Bertz CT molecular complexity index is 1390. The molecule has 3 heterocycles. The summed E-state index contributed by atoms with van der Waals surface area (Å²) in [5.74, 6) is -0.515. The zero-order valence-corrected chi connectivity index (χ0v) is 20.2. The lowest BCUT2D eigenvalue weighted by Gasteiger charge is -2.34. The molecule has 1 aliphatic rings. The van der Waals surface area contributed by atoms with Crippen molar-refractivity contribution in [2.75, 3.05) is 37.4 Å². The molecule has 182 valence electrons. The zero-order chi connectivity index (χ0) is 24.9. The van der Waals surface area contributed by atoms with Gasteiger partial charge in [-0.1, -0.05) is 18.2 Å². The van der Waals surface area contributed by atoms with Crippen LogP contribution in [0.1, 0.15) is 20.8 Å². The minimum atomic E-state index is -0.637. The van der Waals surface area contributed by atoms with Gasteiger partial charge in [-0.05, 0) is 48.5 Å². The monoisotopic (exact) mass is 501 g/mol. The van der Waals surface area contributed by atoms with Crippen LogP contribution >= 0.6 is 11.8 Å². The first-order valence-corrected chi connectivity index (χ1v) is 12.6. The van der Waals surface area contributed by atoms with Crippen LogP contribution in [0.3, 0.4) is 0 Å². The van der Waals surface area contributed by atoms with Gasteiger partial charge in [0, 0.05) is 60.1 Å². The maximum Gasteiger partial charge on any atom is 0.275 e. The molecule has 7 nitrogen and oxygen atoms in total. The van der Waals surface area contributed by atoms with Crippen LogP contribution in [0.15, 0.2) is 84.0 Å². The number of nitrogens with one attached hydrogen (secondary N) is 1. The Hall–Kier alpha value is -3.98. The summed E-state index contributed by atoms with van der Waals surface area (Å²) in [6.45, 7) is 1.43. The van der Waals surface area contributed by atoms with Crippen molar-refractivity contribution in [3.8, 4) is 0 Å². The molecule has 36 heavy (non-hydrogen) atoms. The number of amides is 2. The number of carbonyl (C=O) groups excluding carboxylic acids is 2. The van der Waals surface area contributed by atoms with Crippen LogP contribution in [0.5, 0.6) is 0 Å². The number of aromatic nitrogens is 2. The summed E-state index contributed by atoms with van der Waals surface area (Å²) < 4.78 is 13.9. The van der Waals surface area contributed by atoms with E-state index in [1.54, 1.807) is 35.0 Å². The molecule has 0 atom stereocenters. The summed E-state index contributed by atoms with van der Waals surface area (Å²) in [5, 5.41) is 4.48. The number of piperazine rings is 1. The lowest BCUT2D eigenvalue weighted by Crippen LogP contribution is -2.50. The standard InChI is InChI=1S/C27H24FN5O2S/c28-22-6-3-13-30-25(22)27(35)33-16-14-32(15-17-33)26(34)20-8-10-21(11-9-20)31-18-36-23-7-1-4-19-5-2-12-29-24(19)23/h1-13,31H,14-18H2. The number of hydrogen-bond acceptors (Lipinski definition) is 6. The van der Waals surface area contributed by atoms with E-state index in [0.29, 0.717) is 37.6 Å². The minimum Gasteiger partial charge on any atom is -0.376 e. The van der Waals surface area contributed by atoms with Crippen molar-refractivity contribution < 1.29 is 14.0 Å². The molecule has 2 aromatic carbocycles. The molecule has 1 N–H and O–H groups in total. The first kappa shape index (κ1) is 23.7. The minimum absolute atomic E-state index is 0.0890.